The molecule has 0 aliphatic carbocycles. The number of fused-ring (bicyclic) bond motifs is 1. The maximum absolute atomic E-state index is 13.6. The van der Waals surface area contributed by atoms with Crippen LogP contribution < -0.4 is 15.6 Å². The van der Waals surface area contributed by atoms with Crippen LogP contribution in [0.15, 0.2) is 77.9 Å². The van der Waals surface area contributed by atoms with Gasteiger partial charge >= 0.3 is 10.2 Å². The Bertz CT molecular complexity index is 1700. The fourth-order valence-electron chi connectivity index (χ4n) is 4.62. The van der Waals surface area contributed by atoms with Crippen molar-refractivity contribution < 1.29 is 12.8 Å². The smallest absolute Gasteiger partial charge is 0.301 e. The molecule has 2 N–H and O–H groups in total. The van der Waals surface area contributed by atoms with Crippen molar-refractivity contribution in [1.29, 1.82) is 5.26 Å². The number of alkyl halides is 1. The molecular formula is C28H27FN6O3S. The van der Waals surface area contributed by atoms with Gasteiger partial charge in [-0.2, -0.15) is 18.0 Å². The van der Waals surface area contributed by atoms with Crippen molar-refractivity contribution in [2.45, 2.75) is 32.0 Å². The molecule has 3 aromatic carbocycles. The quantitative estimate of drug-likeness (QED) is 0.322. The first-order valence-electron chi connectivity index (χ1n) is 12.6. The summed E-state index contributed by atoms with van der Waals surface area (Å²) in [6.45, 7) is 0.380. The largest absolute Gasteiger partial charge is 0.354 e. The van der Waals surface area contributed by atoms with Crippen molar-refractivity contribution in [2.24, 2.45) is 0 Å². The van der Waals surface area contributed by atoms with Gasteiger partial charge in [-0.3, -0.25) is 14.1 Å². The molecule has 1 saturated heterocycles. The molecule has 1 fully saturated rings. The minimum Gasteiger partial charge on any atom is -0.354 e. The van der Waals surface area contributed by atoms with Gasteiger partial charge in [-0.15, -0.1) is 0 Å². The van der Waals surface area contributed by atoms with Crippen molar-refractivity contribution in [2.75, 3.05) is 23.1 Å². The Labute approximate surface area is 225 Å². The highest BCUT2D eigenvalue weighted by molar-refractivity contribution is 7.90. The van der Waals surface area contributed by atoms with Crippen LogP contribution in [0.4, 0.5) is 21.5 Å². The van der Waals surface area contributed by atoms with E-state index >= 15 is 0 Å². The van der Waals surface area contributed by atoms with Gasteiger partial charge in [0.05, 0.1) is 34.2 Å². The average Bonchev–Trinajstić information content (AvgIpc) is 3.38. The van der Waals surface area contributed by atoms with Gasteiger partial charge in [0.2, 0.25) is 0 Å². The summed E-state index contributed by atoms with van der Waals surface area (Å²) in [5.41, 5.74) is 2.62. The highest BCUT2D eigenvalue weighted by atomic mass is 32.2. The predicted octanol–water partition coefficient (Wildman–Crippen LogP) is 4.35. The zero-order valence-corrected chi connectivity index (χ0v) is 21.9. The van der Waals surface area contributed by atoms with E-state index in [4.69, 9.17) is 0 Å². The van der Waals surface area contributed by atoms with Gasteiger partial charge in [0.1, 0.15) is 12.2 Å². The lowest BCUT2D eigenvalue weighted by atomic mass is 10.1. The summed E-state index contributed by atoms with van der Waals surface area (Å²) in [7, 11) is -4.02. The third-order valence-corrected chi connectivity index (χ3v) is 8.15. The summed E-state index contributed by atoms with van der Waals surface area (Å²) in [5.74, 6) is 0. The molecule has 1 aromatic heterocycles. The number of aromatic nitrogens is 2. The van der Waals surface area contributed by atoms with Gasteiger partial charge in [-0.1, -0.05) is 36.4 Å². The molecule has 1 aliphatic rings. The maximum atomic E-state index is 13.6. The van der Waals surface area contributed by atoms with Crippen molar-refractivity contribution in [3.8, 4) is 6.07 Å². The van der Waals surface area contributed by atoms with Gasteiger partial charge in [0, 0.05) is 25.3 Å². The van der Waals surface area contributed by atoms with Gasteiger partial charge in [0.15, 0.2) is 0 Å². The van der Waals surface area contributed by atoms with Crippen molar-refractivity contribution in [3.63, 3.8) is 0 Å². The number of anilines is 3. The number of hydrogen-bond acceptors (Lipinski definition) is 6. The van der Waals surface area contributed by atoms with Crippen molar-refractivity contribution in [3.05, 3.63) is 94.5 Å². The van der Waals surface area contributed by atoms with Crippen LogP contribution in [0.3, 0.4) is 0 Å². The van der Waals surface area contributed by atoms with Crippen LogP contribution in [0.25, 0.3) is 10.9 Å². The SMILES string of the molecule is N#Cc1c(Nc2ccc3ncn(CCCc4ccccc4)c(=O)c3c2)cccc1NS(=O)(=O)N1CCC(F)C1. The zero-order valence-electron chi connectivity index (χ0n) is 21.0. The van der Waals surface area contributed by atoms with E-state index in [-0.39, 0.29) is 36.3 Å². The molecule has 11 heteroatoms. The first-order chi connectivity index (χ1) is 18.8. The minimum atomic E-state index is -4.02. The molecule has 0 saturated carbocycles. The summed E-state index contributed by atoms with van der Waals surface area (Å²) in [6.07, 6.45) is 2.11. The van der Waals surface area contributed by atoms with E-state index in [1.807, 2.05) is 24.3 Å². The van der Waals surface area contributed by atoms with Crippen molar-refractivity contribution in [1.82, 2.24) is 13.9 Å². The molecule has 1 atom stereocenters. The molecule has 39 heavy (non-hydrogen) atoms. The summed E-state index contributed by atoms with van der Waals surface area (Å²) in [5, 5.41) is 13.4. The first kappa shape index (κ1) is 26.3. The number of rotatable bonds is 9. The first-order valence-corrected chi connectivity index (χ1v) is 14.0. The molecule has 1 aliphatic heterocycles. The molecule has 9 nitrogen and oxygen atoms in total. The molecule has 0 bridgehead atoms. The highest BCUT2D eigenvalue weighted by Gasteiger charge is 2.32. The summed E-state index contributed by atoms with van der Waals surface area (Å²) < 4.78 is 44.1. The Morgan fingerprint density at radius 1 is 1.08 bits per heavy atom. The van der Waals surface area contributed by atoms with Crippen LogP contribution in [-0.4, -0.2) is 41.5 Å². The lowest BCUT2D eigenvalue weighted by Crippen LogP contribution is -2.34. The summed E-state index contributed by atoms with van der Waals surface area (Å²) >= 11 is 0. The number of benzene rings is 3. The van der Waals surface area contributed by atoms with E-state index in [1.54, 1.807) is 41.2 Å². The summed E-state index contributed by atoms with van der Waals surface area (Å²) in [6, 6.07) is 21.9. The number of hydrogen-bond donors (Lipinski definition) is 2. The van der Waals surface area contributed by atoms with Gasteiger partial charge < -0.3 is 5.32 Å². The zero-order chi connectivity index (χ0) is 27.4. The van der Waals surface area contributed by atoms with Crippen LogP contribution >= 0.6 is 0 Å². The number of aryl methyl sites for hydroxylation is 2. The topological polar surface area (TPSA) is 120 Å². The maximum Gasteiger partial charge on any atom is 0.301 e. The van der Waals surface area contributed by atoms with Gasteiger partial charge in [0.25, 0.3) is 5.56 Å². The van der Waals surface area contributed by atoms with Crippen LogP contribution in [0, 0.1) is 11.3 Å². The van der Waals surface area contributed by atoms with E-state index in [0.717, 1.165) is 17.1 Å². The monoisotopic (exact) mass is 546 g/mol. The molecule has 0 spiro atoms. The molecule has 1 unspecified atom stereocenters. The van der Waals surface area contributed by atoms with E-state index in [1.165, 1.54) is 11.6 Å². The predicted molar refractivity (Wildman–Crippen MR) is 149 cm³/mol. The minimum absolute atomic E-state index is 0.0710. The fourth-order valence-corrected chi connectivity index (χ4v) is 5.90. The normalized spacial score (nSPS) is 15.7. The second-order valence-corrected chi connectivity index (χ2v) is 11.1. The Hall–Kier alpha value is -4.27. The third-order valence-electron chi connectivity index (χ3n) is 6.66. The fraction of sp³-hybridized carbons (Fsp3) is 0.250. The van der Waals surface area contributed by atoms with Crippen LogP contribution in [0.2, 0.25) is 0 Å². The Kier molecular flexibility index (Phi) is 7.58. The average molecular weight is 547 g/mol. The number of nitriles is 1. The third kappa shape index (κ3) is 5.92. The molecule has 200 valence electrons. The van der Waals surface area contributed by atoms with E-state index in [2.05, 4.69) is 27.2 Å². The molecule has 2 heterocycles. The van der Waals surface area contributed by atoms with Gasteiger partial charge in [-0.05, 0) is 55.2 Å². The number of nitrogens with one attached hydrogen (secondary N) is 2. The lowest BCUT2D eigenvalue weighted by Gasteiger charge is -2.18. The molecule has 5 rings (SSSR count). The number of halogens is 1. The second kappa shape index (κ2) is 11.2. The standard InChI is InChI=1S/C28H27FN6O3S/c29-21-13-15-35(18-21)39(37,38)33-27-10-4-9-26(24(27)17-30)32-22-11-12-25-23(16-22)28(36)34(19-31-25)14-5-8-20-6-2-1-3-7-20/h1-4,6-7,9-12,16,19,21,32-33H,5,8,13-15,18H2. The molecule has 0 amide bonds. The molecule has 0 radical (unpaired) electrons. The number of nitrogens with zero attached hydrogens (tertiary/aromatic N) is 4. The van der Waals surface area contributed by atoms with E-state index in [0.29, 0.717) is 28.8 Å². The van der Waals surface area contributed by atoms with Gasteiger partial charge in [-0.25, -0.2) is 9.37 Å². The van der Waals surface area contributed by atoms with Crippen molar-refractivity contribution >= 4 is 38.2 Å². The van der Waals surface area contributed by atoms with E-state index < -0.39 is 16.4 Å². The second-order valence-electron chi connectivity index (χ2n) is 9.38. The Morgan fingerprint density at radius 3 is 2.62 bits per heavy atom. The summed E-state index contributed by atoms with van der Waals surface area (Å²) in [4.78, 5) is 17.6. The molecule has 4 aromatic rings. The lowest BCUT2D eigenvalue weighted by molar-refractivity contribution is 0.343. The molecular weight excluding hydrogens is 519 g/mol. The van der Waals surface area contributed by atoms with E-state index in [9.17, 15) is 22.9 Å². The Morgan fingerprint density at radius 2 is 1.87 bits per heavy atom. The Balaban J connectivity index is 1.36. The highest BCUT2D eigenvalue weighted by Crippen LogP contribution is 2.29. The van der Waals surface area contributed by atoms with Crippen LogP contribution in [0.1, 0.15) is 24.0 Å². The van der Waals surface area contributed by atoms with Crippen LogP contribution in [0.5, 0.6) is 0 Å². The van der Waals surface area contributed by atoms with Crippen LogP contribution in [-0.2, 0) is 23.2 Å².